The predicted octanol–water partition coefficient (Wildman–Crippen LogP) is 1.99. The molecule has 8 nitrogen and oxygen atoms in total. The van der Waals surface area contributed by atoms with Crippen molar-refractivity contribution in [1.82, 2.24) is 15.5 Å². The fraction of sp³-hybridized carbons (Fsp3) is 0.360. The highest BCUT2D eigenvalue weighted by Crippen LogP contribution is 2.28. The molecule has 0 saturated carbocycles. The molecule has 33 heavy (non-hydrogen) atoms. The topological polar surface area (TPSA) is 108 Å². The third-order valence-electron chi connectivity index (χ3n) is 6.64. The molecule has 2 atom stereocenters. The standard InChI is InChI=1S/C25H26N4O4/c30-22-10-9-21(23(31)28-22)29-24(32)18-8-5-15(13-19(18)25(29)33)14-26-12-11-17-7-6-16-3-1-2-4-20(16)27-17/h1-5,8,13,17,21,26-27H,6-7,9-12,14H2,(H,28,30,31). The van der Waals surface area contributed by atoms with Crippen molar-refractivity contribution in [3.05, 3.63) is 64.7 Å². The molecule has 170 valence electrons. The maximum absolute atomic E-state index is 12.9. The van der Waals surface area contributed by atoms with Gasteiger partial charge in [-0.2, -0.15) is 0 Å². The Morgan fingerprint density at radius 2 is 1.76 bits per heavy atom. The fourth-order valence-electron chi connectivity index (χ4n) is 4.85. The molecule has 0 aromatic heterocycles. The molecule has 2 aromatic carbocycles. The summed E-state index contributed by atoms with van der Waals surface area (Å²) < 4.78 is 0. The monoisotopic (exact) mass is 446 g/mol. The van der Waals surface area contributed by atoms with Gasteiger partial charge >= 0.3 is 0 Å². The van der Waals surface area contributed by atoms with Crippen LogP contribution in [-0.4, -0.2) is 47.2 Å². The predicted molar refractivity (Wildman–Crippen MR) is 122 cm³/mol. The van der Waals surface area contributed by atoms with Gasteiger partial charge in [-0.05, 0) is 61.6 Å². The first-order valence-electron chi connectivity index (χ1n) is 11.4. The molecule has 0 spiro atoms. The van der Waals surface area contributed by atoms with Crippen LogP contribution in [0.3, 0.4) is 0 Å². The Bertz CT molecular complexity index is 1140. The highest BCUT2D eigenvalue weighted by Gasteiger charge is 2.44. The number of carbonyl (C=O) groups excluding carboxylic acids is 4. The zero-order chi connectivity index (χ0) is 22.9. The molecule has 2 unspecified atom stereocenters. The summed E-state index contributed by atoms with van der Waals surface area (Å²) in [6.45, 7) is 1.41. The van der Waals surface area contributed by atoms with Gasteiger partial charge in [0.15, 0.2) is 0 Å². The lowest BCUT2D eigenvalue weighted by atomic mass is 9.96. The van der Waals surface area contributed by atoms with Crippen molar-refractivity contribution in [2.24, 2.45) is 0 Å². The molecule has 2 aromatic rings. The lowest BCUT2D eigenvalue weighted by Gasteiger charge is -2.27. The van der Waals surface area contributed by atoms with Crippen LogP contribution in [-0.2, 0) is 22.6 Å². The van der Waals surface area contributed by atoms with Gasteiger partial charge in [-0.25, -0.2) is 0 Å². The molecule has 8 heteroatoms. The van der Waals surface area contributed by atoms with E-state index in [1.165, 1.54) is 11.3 Å². The van der Waals surface area contributed by atoms with Crippen molar-refractivity contribution < 1.29 is 19.2 Å². The average molecular weight is 447 g/mol. The number of aryl methyl sites for hydroxylation is 1. The molecule has 4 amide bonds. The van der Waals surface area contributed by atoms with E-state index in [2.05, 4.69) is 34.1 Å². The summed E-state index contributed by atoms with van der Waals surface area (Å²) in [4.78, 5) is 50.3. The maximum atomic E-state index is 12.9. The van der Waals surface area contributed by atoms with Crippen molar-refractivity contribution in [1.29, 1.82) is 0 Å². The van der Waals surface area contributed by atoms with E-state index in [9.17, 15) is 19.2 Å². The molecule has 0 bridgehead atoms. The van der Waals surface area contributed by atoms with Gasteiger partial charge in [0.05, 0.1) is 11.1 Å². The van der Waals surface area contributed by atoms with Crippen molar-refractivity contribution in [2.75, 3.05) is 11.9 Å². The van der Waals surface area contributed by atoms with Crippen LogP contribution in [0.25, 0.3) is 0 Å². The summed E-state index contributed by atoms with van der Waals surface area (Å²) in [7, 11) is 0. The number of carbonyl (C=O) groups is 4. The highest BCUT2D eigenvalue weighted by molar-refractivity contribution is 6.23. The maximum Gasteiger partial charge on any atom is 0.262 e. The minimum absolute atomic E-state index is 0.112. The minimum atomic E-state index is -0.940. The molecular formula is C25H26N4O4. The van der Waals surface area contributed by atoms with Crippen LogP contribution in [0, 0.1) is 0 Å². The third-order valence-corrected chi connectivity index (χ3v) is 6.64. The van der Waals surface area contributed by atoms with E-state index in [1.54, 1.807) is 12.1 Å². The number of nitrogens with zero attached hydrogens (tertiary/aromatic N) is 1. The quantitative estimate of drug-likeness (QED) is 0.463. The summed E-state index contributed by atoms with van der Waals surface area (Å²) >= 11 is 0. The lowest BCUT2D eigenvalue weighted by molar-refractivity contribution is -0.136. The van der Waals surface area contributed by atoms with E-state index in [4.69, 9.17) is 0 Å². The third kappa shape index (κ3) is 4.14. The normalized spacial score (nSPS) is 22.0. The second-order valence-corrected chi connectivity index (χ2v) is 8.83. The van der Waals surface area contributed by atoms with Crippen LogP contribution in [0.1, 0.15) is 57.5 Å². The second kappa shape index (κ2) is 8.78. The van der Waals surface area contributed by atoms with Gasteiger partial charge in [-0.3, -0.25) is 29.4 Å². The number of fused-ring (bicyclic) bond motifs is 2. The van der Waals surface area contributed by atoms with Gasteiger partial charge in [0, 0.05) is 24.7 Å². The average Bonchev–Trinajstić information content (AvgIpc) is 3.06. The van der Waals surface area contributed by atoms with Crippen molar-refractivity contribution in [2.45, 2.75) is 50.7 Å². The first-order chi connectivity index (χ1) is 16.0. The minimum Gasteiger partial charge on any atom is -0.382 e. The number of piperidine rings is 1. The number of anilines is 1. The number of hydrogen-bond acceptors (Lipinski definition) is 6. The van der Waals surface area contributed by atoms with Gasteiger partial charge in [0.1, 0.15) is 6.04 Å². The van der Waals surface area contributed by atoms with Crippen LogP contribution in [0.4, 0.5) is 5.69 Å². The molecule has 3 heterocycles. The van der Waals surface area contributed by atoms with Crippen LogP contribution in [0.2, 0.25) is 0 Å². The zero-order valence-electron chi connectivity index (χ0n) is 18.2. The zero-order valence-corrected chi connectivity index (χ0v) is 18.2. The van der Waals surface area contributed by atoms with E-state index >= 15 is 0 Å². The highest BCUT2D eigenvalue weighted by atomic mass is 16.2. The molecule has 1 fully saturated rings. The SMILES string of the molecule is O=C1CCC(N2C(=O)c3ccc(CNCCC4CCc5ccccc5N4)cc3C2=O)C(=O)N1. The van der Waals surface area contributed by atoms with Crippen molar-refractivity contribution in [3.8, 4) is 0 Å². The van der Waals surface area contributed by atoms with Gasteiger partial charge < -0.3 is 10.6 Å². The second-order valence-electron chi connectivity index (χ2n) is 8.83. The largest absolute Gasteiger partial charge is 0.382 e. The number of para-hydroxylation sites is 1. The summed E-state index contributed by atoms with van der Waals surface area (Å²) in [5.74, 6) is -1.93. The Hall–Kier alpha value is -3.52. The van der Waals surface area contributed by atoms with Crippen LogP contribution in [0.5, 0.6) is 0 Å². The van der Waals surface area contributed by atoms with Crippen molar-refractivity contribution in [3.63, 3.8) is 0 Å². The molecular weight excluding hydrogens is 420 g/mol. The van der Waals surface area contributed by atoms with Gasteiger partial charge in [0.2, 0.25) is 11.8 Å². The molecule has 3 aliphatic heterocycles. The first-order valence-corrected chi connectivity index (χ1v) is 11.4. The Morgan fingerprint density at radius 1 is 0.939 bits per heavy atom. The Morgan fingerprint density at radius 3 is 2.61 bits per heavy atom. The molecule has 3 aliphatic rings. The fourth-order valence-corrected chi connectivity index (χ4v) is 4.85. The molecule has 5 rings (SSSR count). The van der Waals surface area contributed by atoms with Gasteiger partial charge in [-0.1, -0.05) is 24.3 Å². The number of amides is 4. The number of benzene rings is 2. The van der Waals surface area contributed by atoms with Gasteiger partial charge in [0.25, 0.3) is 11.8 Å². The molecule has 3 N–H and O–H groups in total. The number of rotatable bonds is 6. The summed E-state index contributed by atoms with van der Waals surface area (Å²) in [6.07, 6.45) is 3.44. The summed E-state index contributed by atoms with van der Waals surface area (Å²) in [5, 5.41) is 9.24. The van der Waals surface area contributed by atoms with Crippen LogP contribution in [0.15, 0.2) is 42.5 Å². The van der Waals surface area contributed by atoms with Gasteiger partial charge in [-0.15, -0.1) is 0 Å². The van der Waals surface area contributed by atoms with E-state index in [-0.39, 0.29) is 18.7 Å². The van der Waals surface area contributed by atoms with E-state index < -0.39 is 23.8 Å². The smallest absolute Gasteiger partial charge is 0.262 e. The summed E-state index contributed by atoms with van der Waals surface area (Å²) in [5.41, 5.74) is 4.11. The van der Waals surface area contributed by atoms with Crippen LogP contribution >= 0.6 is 0 Å². The molecule has 1 saturated heterocycles. The Balaban J connectivity index is 1.17. The van der Waals surface area contributed by atoms with E-state index in [1.807, 2.05) is 12.1 Å². The van der Waals surface area contributed by atoms with E-state index in [0.29, 0.717) is 23.7 Å². The molecule has 0 radical (unpaired) electrons. The Labute approximate surface area is 191 Å². The number of nitrogens with one attached hydrogen (secondary N) is 3. The first kappa shape index (κ1) is 21.3. The Kier molecular flexibility index (Phi) is 5.68. The lowest BCUT2D eigenvalue weighted by Crippen LogP contribution is -2.54. The van der Waals surface area contributed by atoms with Crippen molar-refractivity contribution >= 4 is 29.3 Å². The van der Waals surface area contributed by atoms with E-state index in [0.717, 1.165) is 36.3 Å². The number of hydrogen-bond donors (Lipinski definition) is 3. The molecule has 0 aliphatic carbocycles. The summed E-state index contributed by atoms with van der Waals surface area (Å²) in [6, 6.07) is 13.1. The van der Waals surface area contributed by atoms with Crippen LogP contribution < -0.4 is 16.0 Å². The number of imide groups is 2.